The zero-order valence-electron chi connectivity index (χ0n) is 17.2. The van der Waals surface area contributed by atoms with Crippen molar-refractivity contribution < 1.29 is 14.4 Å². The highest BCUT2D eigenvalue weighted by Crippen LogP contribution is 2.13. The molecule has 0 spiro atoms. The number of hydrogen-bond acceptors (Lipinski definition) is 4. The van der Waals surface area contributed by atoms with Crippen molar-refractivity contribution in [3.8, 4) is 0 Å². The second-order valence-corrected chi connectivity index (χ2v) is 7.53. The summed E-state index contributed by atoms with van der Waals surface area (Å²) in [7, 11) is 1.75. The summed E-state index contributed by atoms with van der Waals surface area (Å²) in [4.78, 5) is 38.9. The Morgan fingerprint density at radius 2 is 1.71 bits per heavy atom. The largest absolute Gasteiger partial charge is 0.337 e. The molecule has 0 aliphatic carbocycles. The van der Waals surface area contributed by atoms with E-state index in [9.17, 15) is 14.4 Å². The maximum absolute atomic E-state index is 12.8. The summed E-state index contributed by atoms with van der Waals surface area (Å²) in [5, 5.41) is 6.88. The van der Waals surface area contributed by atoms with Crippen molar-refractivity contribution >= 4 is 17.8 Å². The molecule has 4 amide bonds. The van der Waals surface area contributed by atoms with Crippen LogP contribution in [-0.2, 0) is 24.4 Å². The zero-order chi connectivity index (χ0) is 21.8. The average molecular weight is 417 g/mol. The van der Waals surface area contributed by atoms with E-state index in [0.717, 1.165) is 21.6 Å². The number of carbonyl (C=O) groups is 3. The molecular weight excluding hydrogens is 394 g/mol. The second-order valence-electron chi connectivity index (χ2n) is 7.53. The minimum atomic E-state index is -0.391. The highest BCUT2D eigenvalue weighted by Gasteiger charge is 2.28. The zero-order valence-corrected chi connectivity index (χ0v) is 17.2. The van der Waals surface area contributed by atoms with Crippen molar-refractivity contribution in [3.05, 3.63) is 89.2 Å². The number of amides is 4. The van der Waals surface area contributed by atoms with Crippen LogP contribution in [0.15, 0.2) is 67.0 Å². The molecule has 8 heteroatoms. The third-order valence-corrected chi connectivity index (χ3v) is 5.12. The van der Waals surface area contributed by atoms with Gasteiger partial charge in [-0.15, -0.1) is 0 Å². The maximum atomic E-state index is 12.8. The molecule has 1 aliphatic rings. The van der Waals surface area contributed by atoms with E-state index in [0.29, 0.717) is 18.7 Å². The predicted octanol–water partition coefficient (Wildman–Crippen LogP) is 2.26. The van der Waals surface area contributed by atoms with Crippen molar-refractivity contribution in [2.75, 3.05) is 13.6 Å². The number of benzene rings is 2. The van der Waals surface area contributed by atoms with Crippen LogP contribution in [0.1, 0.15) is 27.0 Å². The van der Waals surface area contributed by atoms with E-state index in [2.05, 4.69) is 10.4 Å². The Labute approximate surface area is 180 Å². The summed E-state index contributed by atoms with van der Waals surface area (Å²) in [6, 6.07) is 16.6. The number of nitrogens with zero attached hydrogens (tertiary/aromatic N) is 4. The smallest absolute Gasteiger partial charge is 0.324 e. The number of rotatable bonds is 7. The van der Waals surface area contributed by atoms with Gasteiger partial charge in [-0.3, -0.25) is 19.2 Å². The molecule has 1 aliphatic heterocycles. The summed E-state index contributed by atoms with van der Waals surface area (Å²) >= 11 is 0. The van der Waals surface area contributed by atoms with E-state index in [4.69, 9.17) is 0 Å². The minimum absolute atomic E-state index is 0.0299. The number of imide groups is 1. The first kappa shape index (κ1) is 20.3. The van der Waals surface area contributed by atoms with E-state index in [1.807, 2.05) is 41.2 Å². The molecule has 0 unspecified atom stereocenters. The molecule has 1 saturated heterocycles. The number of aromatic nitrogens is 2. The van der Waals surface area contributed by atoms with Crippen LogP contribution in [0.25, 0.3) is 0 Å². The number of carbonyl (C=O) groups excluding carboxylic acids is 3. The van der Waals surface area contributed by atoms with Crippen molar-refractivity contribution in [2.24, 2.45) is 0 Å². The first-order valence-corrected chi connectivity index (χ1v) is 9.97. The Morgan fingerprint density at radius 1 is 1.00 bits per heavy atom. The lowest BCUT2D eigenvalue weighted by molar-refractivity contribution is -0.125. The minimum Gasteiger partial charge on any atom is -0.337 e. The van der Waals surface area contributed by atoms with Gasteiger partial charge in [0, 0.05) is 30.9 Å². The lowest BCUT2D eigenvalue weighted by Crippen LogP contribution is -2.30. The number of hydrogen-bond donors (Lipinski definition) is 1. The van der Waals surface area contributed by atoms with Gasteiger partial charge in [-0.05, 0) is 23.3 Å². The molecule has 158 valence electrons. The fourth-order valence-electron chi connectivity index (χ4n) is 3.46. The molecule has 0 saturated carbocycles. The standard InChI is InChI=1S/C23H23N5O3/c1-26(13-19-11-25-27(15-19)14-17-5-3-2-4-6-17)22(30)20-9-7-18(8-10-20)16-28-21(29)12-24-23(28)31/h2-11,15H,12-14,16H2,1H3,(H,24,31). The van der Waals surface area contributed by atoms with Gasteiger partial charge in [-0.2, -0.15) is 5.10 Å². The highest BCUT2D eigenvalue weighted by molar-refractivity contribution is 6.01. The van der Waals surface area contributed by atoms with Gasteiger partial charge in [0.15, 0.2) is 0 Å². The van der Waals surface area contributed by atoms with Gasteiger partial charge >= 0.3 is 6.03 Å². The first-order valence-electron chi connectivity index (χ1n) is 9.97. The Balaban J connectivity index is 1.35. The molecule has 4 rings (SSSR count). The van der Waals surface area contributed by atoms with Crippen molar-refractivity contribution in [1.82, 2.24) is 24.9 Å². The fraction of sp³-hybridized carbons (Fsp3) is 0.217. The van der Waals surface area contributed by atoms with Crippen LogP contribution in [0.4, 0.5) is 4.79 Å². The molecule has 1 N–H and O–H groups in total. The third kappa shape index (κ3) is 4.80. The Hall–Kier alpha value is -3.94. The van der Waals surface area contributed by atoms with Crippen LogP contribution in [0.5, 0.6) is 0 Å². The van der Waals surface area contributed by atoms with Gasteiger partial charge in [-0.25, -0.2) is 4.79 Å². The highest BCUT2D eigenvalue weighted by atomic mass is 16.2. The molecule has 2 aromatic carbocycles. The van der Waals surface area contributed by atoms with Gasteiger partial charge in [0.25, 0.3) is 5.91 Å². The molecule has 8 nitrogen and oxygen atoms in total. The van der Waals surface area contributed by atoms with E-state index >= 15 is 0 Å². The fourth-order valence-corrected chi connectivity index (χ4v) is 3.46. The normalized spacial score (nSPS) is 13.4. The molecule has 0 atom stereocenters. The third-order valence-electron chi connectivity index (χ3n) is 5.12. The van der Waals surface area contributed by atoms with Gasteiger partial charge in [0.2, 0.25) is 5.91 Å². The van der Waals surface area contributed by atoms with Gasteiger partial charge in [0.05, 0.1) is 25.8 Å². The van der Waals surface area contributed by atoms with Gasteiger partial charge in [0.1, 0.15) is 0 Å². The molecule has 31 heavy (non-hydrogen) atoms. The lowest BCUT2D eigenvalue weighted by atomic mass is 10.1. The SMILES string of the molecule is CN(Cc1cnn(Cc2ccccc2)c1)C(=O)c1ccc(CN2C(=O)CNC2=O)cc1. The molecule has 1 aromatic heterocycles. The summed E-state index contributed by atoms with van der Waals surface area (Å²) < 4.78 is 1.85. The summed E-state index contributed by atoms with van der Waals surface area (Å²) in [5.74, 6) is -0.366. The lowest BCUT2D eigenvalue weighted by Gasteiger charge is -2.17. The van der Waals surface area contributed by atoms with Gasteiger partial charge < -0.3 is 10.2 Å². The predicted molar refractivity (Wildman–Crippen MR) is 114 cm³/mol. The van der Waals surface area contributed by atoms with Crippen molar-refractivity contribution in [2.45, 2.75) is 19.6 Å². The number of urea groups is 1. The molecular formula is C23H23N5O3. The van der Waals surface area contributed by atoms with Gasteiger partial charge in [-0.1, -0.05) is 42.5 Å². The second kappa shape index (κ2) is 8.83. The summed E-state index contributed by atoms with van der Waals surface area (Å²) in [6.07, 6.45) is 3.71. The molecule has 3 aromatic rings. The molecule has 2 heterocycles. The number of nitrogens with one attached hydrogen (secondary N) is 1. The molecule has 0 bridgehead atoms. The van der Waals surface area contributed by atoms with Crippen LogP contribution in [-0.4, -0.2) is 51.0 Å². The Kier molecular flexibility index (Phi) is 5.79. The topological polar surface area (TPSA) is 87.5 Å². The molecule has 0 radical (unpaired) electrons. The Morgan fingerprint density at radius 3 is 2.39 bits per heavy atom. The van der Waals surface area contributed by atoms with E-state index in [-0.39, 0.29) is 24.9 Å². The van der Waals surface area contributed by atoms with Crippen LogP contribution >= 0.6 is 0 Å². The molecule has 1 fully saturated rings. The van der Waals surface area contributed by atoms with Crippen molar-refractivity contribution in [1.29, 1.82) is 0 Å². The monoisotopic (exact) mass is 417 g/mol. The van der Waals surface area contributed by atoms with E-state index in [1.165, 1.54) is 0 Å². The summed E-state index contributed by atoms with van der Waals surface area (Å²) in [6.45, 7) is 1.34. The van der Waals surface area contributed by atoms with Crippen LogP contribution < -0.4 is 5.32 Å². The van der Waals surface area contributed by atoms with Crippen LogP contribution in [0, 0.1) is 0 Å². The van der Waals surface area contributed by atoms with Crippen LogP contribution in [0.2, 0.25) is 0 Å². The Bertz CT molecular complexity index is 1080. The summed E-state index contributed by atoms with van der Waals surface area (Å²) in [5.41, 5.74) is 3.43. The quantitative estimate of drug-likeness (QED) is 0.598. The maximum Gasteiger partial charge on any atom is 0.324 e. The average Bonchev–Trinajstić information content (AvgIpc) is 3.35. The van der Waals surface area contributed by atoms with E-state index < -0.39 is 6.03 Å². The first-order chi connectivity index (χ1) is 15.0. The van der Waals surface area contributed by atoms with E-state index in [1.54, 1.807) is 42.4 Å². The van der Waals surface area contributed by atoms with Crippen molar-refractivity contribution in [3.63, 3.8) is 0 Å². The van der Waals surface area contributed by atoms with Crippen LogP contribution in [0.3, 0.4) is 0 Å².